The van der Waals surface area contributed by atoms with E-state index < -0.39 is 5.91 Å². The van der Waals surface area contributed by atoms with Crippen LogP contribution in [0.5, 0.6) is 0 Å². The number of hydrogen-bond acceptors (Lipinski definition) is 4. The van der Waals surface area contributed by atoms with E-state index in [2.05, 4.69) is 36.3 Å². The third-order valence-electron chi connectivity index (χ3n) is 4.46. The van der Waals surface area contributed by atoms with E-state index in [0.717, 1.165) is 24.6 Å². The van der Waals surface area contributed by atoms with E-state index in [-0.39, 0.29) is 5.69 Å². The Hall–Kier alpha value is -1.65. The van der Waals surface area contributed by atoms with Crippen LogP contribution < -0.4 is 11.1 Å². The molecular formula is C16H26N4O. The van der Waals surface area contributed by atoms with Crippen LogP contribution in [0.15, 0.2) is 12.1 Å². The fourth-order valence-electron chi connectivity index (χ4n) is 3.06. The second-order valence-corrected chi connectivity index (χ2v) is 7.08. The topological polar surface area (TPSA) is 80.9 Å². The molecule has 1 aromatic rings. The summed E-state index contributed by atoms with van der Waals surface area (Å²) >= 11 is 0. The van der Waals surface area contributed by atoms with Crippen molar-refractivity contribution in [3.05, 3.63) is 17.8 Å². The summed E-state index contributed by atoms with van der Waals surface area (Å²) in [4.78, 5) is 11.0. The van der Waals surface area contributed by atoms with Crippen molar-refractivity contribution in [1.82, 2.24) is 10.2 Å². The zero-order valence-electron chi connectivity index (χ0n) is 13.2. The zero-order chi connectivity index (χ0) is 15.5. The fraction of sp³-hybridized carbons (Fsp3) is 0.688. The molecule has 1 fully saturated rings. The lowest BCUT2D eigenvalue weighted by atomic mass is 9.76. The van der Waals surface area contributed by atoms with Gasteiger partial charge < -0.3 is 11.1 Å². The predicted molar refractivity (Wildman–Crippen MR) is 84.0 cm³/mol. The minimum Gasteiger partial charge on any atom is -0.366 e. The molecule has 2 rings (SSSR count). The van der Waals surface area contributed by atoms with E-state index >= 15 is 0 Å². The van der Waals surface area contributed by atoms with Crippen molar-refractivity contribution in [2.24, 2.45) is 17.1 Å². The number of hydrogen-bond donors (Lipinski definition) is 2. The van der Waals surface area contributed by atoms with E-state index in [1.54, 1.807) is 12.1 Å². The summed E-state index contributed by atoms with van der Waals surface area (Å²) in [6, 6.07) is 3.83. The summed E-state index contributed by atoms with van der Waals surface area (Å²) in [6.45, 7) is 7.00. The lowest BCUT2D eigenvalue weighted by molar-refractivity contribution is 0.0994. The Morgan fingerprint density at radius 3 is 2.52 bits per heavy atom. The highest BCUT2D eigenvalue weighted by Gasteiger charge is 2.27. The van der Waals surface area contributed by atoms with Gasteiger partial charge in [0, 0.05) is 6.04 Å². The number of carbonyl (C=O) groups excluding carboxylic acids is 1. The van der Waals surface area contributed by atoms with Gasteiger partial charge in [-0.1, -0.05) is 27.2 Å². The standard InChI is InChI=1S/C16H26N4O/c1-16(2,3)11-5-4-6-12(8-7-11)18-14-10-9-13(15(17)21)19-20-14/h9-12H,4-8H2,1-3H3,(H2,17,21)(H,18,20). The molecule has 1 aromatic heterocycles. The monoisotopic (exact) mass is 290 g/mol. The normalized spacial score (nSPS) is 23.4. The molecule has 0 aliphatic heterocycles. The number of carbonyl (C=O) groups is 1. The van der Waals surface area contributed by atoms with Crippen LogP contribution in [0.25, 0.3) is 0 Å². The summed E-state index contributed by atoms with van der Waals surface area (Å²) < 4.78 is 0. The molecule has 1 heterocycles. The van der Waals surface area contributed by atoms with Crippen LogP contribution >= 0.6 is 0 Å². The van der Waals surface area contributed by atoms with Gasteiger partial charge in [0.2, 0.25) is 0 Å². The number of nitrogens with one attached hydrogen (secondary N) is 1. The zero-order valence-corrected chi connectivity index (χ0v) is 13.2. The van der Waals surface area contributed by atoms with Crippen molar-refractivity contribution in [3.63, 3.8) is 0 Å². The van der Waals surface area contributed by atoms with Crippen molar-refractivity contribution in [1.29, 1.82) is 0 Å². The first-order valence-electron chi connectivity index (χ1n) is 7.76. The number of nitrogens with zero attached hydrogens (tertiary/aromatic N) is 2. The van der Waals surface area contributed by atoms with Crippen LogP contribution in [0.3, 0.4) is 0 Å². The second-order valence-electron chi connectivity index (χ2n) is 7.08. The van der Waals surface area contributed by atoms with Gasteiger partial charge >= 0.3 is 0 Å². The van der Waals surface area contributed by atoms with Crippen LogP contribution in [-0.4, -0.2) is 22.1 Å². The Balaban J connectivity index is 1.93. The fourth-order valence-corrected chi connectivity index (χ4v) is 3.06. The number of rotatable bonds is 3. The summed E-state index contributed by atoms with van der Waals surface area (Å²) in [5.41, 5.74) is 5.75. The minimum atomic E-state index is -0.545. The first kappa shape index (κ1) is 15.7. The molecule has 0 aromatic carbocycles. The molecule has 21 heavy (non-hydrogen) atoms. The van der Waals surface area contributed by atoms with Gasteiger partial charge in [-0.2, -0.15) is 0 Å². The molecule has 2 unspecified atom stereocenters. The highest BCUT2D eigenvalue weighted by atomic mass is 16.1. The Bertz CT molecular complexity index is 478. The molecule has 1 amide bonds. The maximum Gasteiger partial charge on any atom is 0.269 e. The van der Waals surface area contributed by atoms with Crippen LogP contribution in [0, 0.1) is 11.3 Å². The Morgan fingerprint density at radius 1 is 1.19 bits per heavy atom. The van der Waals surface area contributed by atoms with E-state index in [0.29, 0.717) is 11.5 Å². The summed E-state index contributed by atoms with van der Waals surface area (Å²) in [5, 5.41) is 11.3. The second kappa shape index (κ2) is 6.41. The molecule has 0 spiro atoms. The lowest BCUT2D eigenvalue weighted by Crippen LogP contribution is -2.22. The summed E-state index contributed by atoms with van der Waals surface area (Å²) in [5.74, 6) is 0.961. The largest absolute Gasteiger partial charge is 0.366 e. The molecule has 1 aliphatic carbocycles. The molecule has 2 atom stereocenters. The minimum absolute atomic E-state index is 0.203. The van der Waals surface area contributed by atoms with Gasteiger partial charge in [0.15, 0.2) is 5.69 Å². The molecule has 1 saturated carbocycles. The van der Waals surface area contributed by atoms with E-state index in [9.17, 15) is 4.79 Å². The number of anilines is 1. The van der Waals surface area contributed by atoms with E-state index in [1.165, 1.54) is 19.3 Å². The molecule has 0 radical (unpaired) electrons. The molecule has 1 aliphatic rings. The Kier molecular flexibility index (Phi) is 4.80. The molecule has 3 N–H and O–H groups in total. The highest BCUT2D eigenvalue weighted by Crippen LogP contribution is 2.37. The van der Waals surface area contributed by atoms with Gasteiger partial charge in [-0.05, 0) is 49.1 Å². The average Bonchev–Trinajstić information content (AvgIpc) is 2.64. The van der Waals surface area contributed by atoms with Gasteiger partial charge in [-0.3, -0.25) is 4.79 Å². The van der Waals surface area contributed by atoms with Crippen molar-refractivity contribution in [2.45, 2.75) is 58.9 Å². The molecular weight excluding hydrogens is 264 g/mol. The summed E-state index contributed by atoms with van der Waals surface area (Å²) in [7, 11) is 0. The third-order valence-corrected chi connectivity index (χ3v) is 4.46. The molecule has 5 heteroatoms. The van der Waals surface area contributed by atoms with Crippen molar-refractivity contribution < 1.29 is 4.79 Å². The number of nitrogens with two attached hydrogens (primary N) is 1. The molecule has 0 saturated heterocycles. The van der Waals surface area contributed by atoms with E-state index in [4.69, 9.17) is 5.73 Å². The van der Waals surface area contributed by atoms with E-state index in [1.807, 2.05) is 0 Å². The Morgan fingerprint density at radius 2 is 1.95 bits per heavy atom. The highest BCUT2D eigenvalue weighted by molar-refractivity contribution is 5.90. The molecule has 116 valence electrons. The van der Waals surface area contributed by atoms with Gasteiger partial charge in [0.05, 0.1) is 0 Å². The first-order valence-corrected chi connectivity index (χ1v) is 7.76. The maximum absolute atomic E-state index is 11.0. The van der Waals surface area contributed by atoms with Gasteiger partial charge in [0.25, 0.3) is 5.91 Å². The number of primary amides is 1. The number of aromatic nitrogens is 2. The van der Waals surface area contributed by atoms with Crippen LogP contribution in [0.1, 0.15) is 63.4 Å². The van der Waals surface area contributed by atoms with Crippen molar-refractivity contribution in [3.8, 4) is 0 Å². The quantitative estimate of drug-likeness (QED) is 0.839. The van der Waals surface area contributed by atoms with Gasteiger partial charge in [-0.25, -0.2) is 0 Å². The summed E-state index contributed by atoms with van der Waals surface area (Å²) in [6.07, 6.45) is 6.10. The number of amides is 1. The van der Waals surface area contributed by atoms with Gasteiger partial charge in [0.1, 0.15) is 5.82 Å². The van der Waals surface area contributed by atoms with Gasteiger partial charge in [-0.15, -0.1) is 10.2 Å². The molecule has 0 bridgehead atoms. The van der Waals surface area contributed by atoms with Crippen LogP contribution in [0.4, 0.5) is 5.82 Å². The third kappa shape index (κ3) is 4.41. The smallest absolute Gasteiger partial charge is 0.269 e. The van der Waals surface area contributed by atoms with Crippen LogP contribution in [-0.2, 0) is 0 Å². The maximum atomic E-state index is 11.0. The first-order chi connectivity index (χ1) is 9.86. The van der Waals surface area contributed by atoms with Crippen LogP contribution in [0.2, 0.25) is 0 Å². The predicted octanol–water partition coefficient (Wildman–Crippen LogP) is 2.98. The van der Waals surface area contributed by atoms with Crippen molar-refractivity contribution >= 4 is 11.7 Å². The Labute approximate surface area is 126 Å². The average molecular weight is 290 g/mol. The molecule has 5 nitrogen and oxygen atoms in total. The van der Waals surface area contributed by atoms with Crippen molar-refractivity contribution in [2.75, 3.05) is 5.32 Å². The SMILES string of the molecule is CC(C)(C)C1CCCC(Nc2ccc(C(N)=O)nn2)CC1. The lowest BCUT2D eigenvalue weighted by Gasteiger charge is -2.29.